The third-order valence-corrected chi connectivity index (χ3v) is 5.28. The zero-order valence-electron chi connectivity index (χ0n) is 11.3. The third kappa shape index (κ3) is 4.94. The quantitative estimate of drug-likeness (QED) is 0.833. The maximum Gasteiger partial charge on any atom is 0.214 e. The van der Waals surface area contributed by atoms with Crippen molar-refractivity contribution >= 4 is 10.0 Å². The molecule has 0 atom stereocenters. The Kier molecular flexibility index (Phi) is 4.98. The normalized spacial score (nSPS) is 20.7. The molecule has 0 unspecified atom stereocenters. The summed E-state index contributed by atoms with van der Waals surface area (Å²) in [5.74, 6) is 0.771. The molecule has 0 bridgehead atoms. The van der Waals surface area contributed by atoms with Gasteiger partial charge in [0, 0.05) is 13.1 Å². The summed E-state index contributed by atoms with van der Waals surface area (Å²) >= 11 is 0. The first-order valence-corrected chi connectivity index (χ1v) is 8.03. The molecule has 2 N–H and O–H groups in total. The molecular weight excluding hydrogens is 236 g/mol. The van der Waals surface area contributed by atoms with Gasteiger partial charge < -0.3 is 5.73 Å². The molecule has 1 fully saturated rings. The molecule has 0 aromatic rings. The largest absolute Gasteiger partial charge is 0.330 e. The van der Waals surface area contributed by atoms with Crippen LogP contribution in [-0.2, 0) is 10.0 Å². The Morgan fingerprint density at radius 1 is 1.24 bits per heavy atom. The highest BCUT2D eigenvalue weighted by molar-refractivity contribution is 7.89. The van der Waals surface area contributed by atoms with Gasteiger partial charge in [-0.05, 0) is 37.1 Å². The van der Waals surface area contributed by atoms with Crippen LogP contribution in [0.2, 0.25) is 0 Å². The van der Waals surface area contributed by atoms with E-state index in [9.17, 15) is 8.42 Å². The SMILES string of the molecule is CC(C)(C)CCS(=O)(=O)N1CCC(CN)CC1. The monoisotopic (exact) mass is 262 g/mol. The zero-order valence-corrected chi connectivity index (χ0v) is 12.1. The van der Waals surface area contributed by atoms with Crippen LogP contribution in [0.4, 0.5) is 0 Å². The van der Waals surface area contributed by atoms with Gasteiger partial charge in [0.15, 0.2) is 0 Å². The van der Waals surface area contributed by atoms with Crippen LogP contribution in [0, 0.1) is 11.3 Å². The number of piperidine rings is 1. The van der Waals surface area contributed by atoms with Crippen LogP contribution in [0.1, 0.15) is 40.0 Å². The lowest BCUT2D eigenvalue weighted by molar-refractivity contribution is 0.276. The highest BCUT2D eigenvalue weighted by Crippen LogP contribution is 2.23. The van der Waals surface area contributed by atoms with Crippen molar-refractivity contribution in [2.24, 2.45) is 17.1 Å². The maximum absolute atomic E-state index is 12.1. The van der Waals surface area contributed by atoms with Crippen LogP contribution < -0.4 is 5.73 Å². The van der Waals surface area contributed by atoms with Crippen molar-refractivity contribution in [3.63, 3.8) is 0 Å². The number of rotatable bonds is 4. The Labute approximate surface area is 106 Å². The molecule has 0 radical (unpaired) electrons. The molecule has 0 amide bonds. The molecule has 0 aliphatic carbocycles. The van der Waals surface area contributed by atoms with Crippen molar-refractivity contribution in [2.45, 2.75) is 40.0 Å². The van der Waals surface area contributed by atoms with E-state index in [4.69, 9.17) is 5.73 Å². The smallest absolute Gasteiger partial charge is 0.214 e. The number of nitrogens with zero attached hydrogens (tertiary/aromatic N) is 1. The van der Waals surface area contributed by atoms with E-state index in [1.807, 2.05) is 0 Å². The summed E-state index contributed by atoms with van der Waals surface area (Å²) in [4.78, 5) is 0. The fraction of sp³-hybridized carbons (Fsp3) is 1.00. The highest BCUT2D eigenvalue weighted by Gasteiger charge is 2.28. The van der Waals surface area contributed by atoms with Crippen LogP contribution in [0.3, 0.4) is 0 Å². The summed E-state index contributed by atoms with van der Waals surface area (Å²) < 4.78 is 25.9. The summed E-state index contributed by atoms with van der Waals surface area (Å²) in [5, 5.41) is 0. The predicted octanol–water partition coefficient (Wildman–Crippen LogP) is 1.42. The second-order valence-electron chi connectivity index (χ2n) is 6.20. The number of hydrogen-bond acceptors (Lipinski definition) is 3. The molecule has 17 heavy (non-hydrogen) atoms. The van der Waals surface area contributed by atoms with Gasteiger partial charge in [0.05, 0.1) is 5.75 Å². The van der Waals surface area contributed by atoms with E-state index >= 15 is 0 Å². The predicted molar refractivity (Wildman–Crippen MR) is 71.2 cm³/mol. The second-order valence-corrected chi connectivity index (χ2v) is 8.29. The molecule has 0 saturated carbocycles. The van der Waals surface area contributed by atoms with Crippen molar-refractivity contribution in [3.8, 4) is 0 Å². The van der Waals surface area contributed by atoms with Crippen LogP contribution in [0.25, 0.3) is 0 Å². The lowest BCUT2D eigenvalue weighted by Gasteiger charge is -2.31. The van der Waals surface area contributed by atoms with Crippen LogP contribution in [-0.4, -0.2) is 38.1 Å². The van der Waals surface area contributed by atoms with Crippen LogP contribution in [0.15, 0.2) is 0 Å². The van der Waals surface area contributed by atoms with Gasteiger partial charge in [-0.25, -0.2) is 12.7 Å². The number of nitrogens with two attached hydrogens (primary N) is 1. The van der Waals surface area contributed by atoms with Gasteiger partial charge >= 0.3 is 0 Å². The summed E-state index contributed by atoms with van der Waals surface area (Å²) in [5.41, 5.74) is 5.68. The summed E-state index contributed by atoms with van der Waals surface area (Å²) in [6, 6.07) is 0. The Balaban J connectivity index is 2.49. The van der Waals surface area contributed by atoms with E-state index in [1.165, 1.54) is 0 Å². The standard InChI is InChI=1S/C12H26N2O2S/c1-12(2,3)6-9-17(15,16)14-7-4-11(10-13)5-8-14/h11H,4-10,13H2,1-3H3. The van der Waals surface area contributed by atoms with Gasteiger partial charge in [0.2, 0.25) is 10.0 Å². The van der Waals surface area contributed by atoms with E-state index in [1.54, 1.807) is 4.31 Å². The lowest BCUT2D eigenvalue weighted by Crippen LogP contribution is -2.41. The van der Waals surface area contributed by atoms with Crippen molar-refractivity contribution in [2.75, 3.05) is 25.4 Å². The van der Waals surface area contributed by atoms with Gasteiger partial charge in [-0.2, -0.15) is 0 Å². The van der Waals surface area contributed by atoms with Crippen LogP contribution >= 0.6 is 0 Å². The molecule has 4 nitrogen and oxygen atoms in total. The highest BCUT2D eigenvalue weighted by atomic mass is 32.2. The van der Waals surface area contributed by atoms with E-state index in [-0.39, 0.29) is 11.2 Å². The molecule has 1 saturated heterocycles. The lowest BCUT2D eigenvalue weighted by atomic mass is 9.94. The Bertz CT molecular complexity index is 325. The molecule has 5 heteroatoms. The summed E-state index contributed by atoms with van der Waals surface area (Å²) in [7, 11) is -3.06. The van der Waals surface area contributed by atoms with E-state index in [0.717, 1.165) is 12.8 Å². The van der Waals surface area contributed by atoms with Crippen molar-refractivity contribution < 1.29 is 8.42 Å². The first-order valence-electron chi connectivity index (χ1n) is 6.42. The van der Waals surface area contributed by atoms with Crippen molar-refractivity contribution in [1.82, 2.24) is 4.31 Å². The van der Waals surface area contributed by atoms with E-state index in [0.29, 0.717) is 32.0 Å². The molecule has 102 valence electrons. The van der Waals surface area contributed by atoms with E-state index in [2.05, 4.69) is 20.8 Å². The molecule has 0 spiro atoms. The van der Waals surface area contributed by atoms with Crippen LogP contribution in [0.5, 0.6) is 0 Å². The second kappa shape index (κ2) is 5.67. The molecule has 1 aliphatic rings. The molecule has 1 heterocycles. The Morgan fingerprint density at radius 2 is 1.76 bits per heavy atom. The maximum atomic E-state index is 12.1. The van der Waals surface area contributed by atoms with Gasteiger partial charge in [0.25, 0.3) is 0 Å². The molecular formula is C12H26N2O2S. The Hall–Kier alpha value is -0.130. The van der Waals surface area contributed by atoms with Crippen molar-refractivity contribution in [3.05, 3.63) is 0 Å². The van der Waals surface area contributed by atoms with Gasteiger partial charge in [-0.1, -0.05) is 20.8 Å². The first-order chi connectivity index (χ1) is 7.74. The average molecular weight is 262 g/mol. The topological polar surface area (TPSA) is 63.4 Å². The number of sulfonamides is 1. The minimum Gasteiger partial charge on any atom is -0.330 e. The van der Waals surface area contributed by atoms with Gasteiger partial charge in [-0.3, -0.25) is 0 Å². The molecule has 0 aromatic carbocycles. The average Bonchev–Trinajstić information content (AvgIpc) is 2.26. The fourth-order valence-corrected chi connectivity index (χ4v) is 3.88. The van der Waals surface area contributed by atoms with Gasteiger partial charge in [0.1, 0.15) is 0 Å². The first kappa shape index (κ1) is 14.9. The summed E-state index contributed by atoms with van der Waals surface area (Å²) in [6.45, 7) is 8.19. The summed E-state index contributed by atoms with van der Waals surface area (Å²) in [6.07, 6.45) is 2.53. The molecule has 0 aromatic heterocycles. The molecule has 1 aliphatic heterocycles. The van der Waals surface area contributed by atoms with Gasteiger partial charge in [-0.15, -0.1) is 0 Å². The fourth-order valence-electron chi connectivity index (χ4n) is 1.99. The van der Waals surface area contributed by atoms with E-state index < -0.39 is 10.0 Å². The minimum atomic E-state index is -3.06. The minimum absolute atomic E-state index is 0.0721. The zero-order chi connectivity index (χ0) is 13.1. The molecule has 1 rings (SSSR count). The number of hydrogen-bond donors (Lipinski definition) is 1. The Morgan fingerprint density at radius 3 is 2.18 bits per heavy atom. The van der Waals surface area contributed by atoms with Crippen molar-refractivity contribution in [1.29, 1.82) is 0 Å². The third-order valence-electron chi connectivity index (χ3n) is 3.41.